The Labute approximate surface area is 103 Å². The third-order valence-corrected chi connectivity index (χ3v) is 2.99. The van der Waals surface area contributed by atoms with Crippen LogP contribution >= 0.6 is 0 Å². The van der Waals surface area contributed by atoms with E-state index in [0.717, 1.165) is 5.56 Å². The normalized spacial score (nSPS) is 12.2. The summed E-state index contributed by atoms with van der Waals surface area (Å²) in [6, 6.07) is 6.13. The van der Waals surface area contributed by atoms with Crippen molar-refractivity contribution in [2.45, 2.75) is 27.2 Å². The molecule has 1 atom stereocenters. The van der Waals surface area contributed by atoms with Crippen molar-refractivity contribution in [3.05, 3.63) is 34.9 Å². The van der Waals surface area contributed by atoms with Crippen LogP contribution in [0.2, 0.25) is 0 Å². The Kier molecular flexibility index (Phi) is 5.16. The molecule has 3 nitrogen and oxygen atoms in total. The van der Waals surface area contributed by atoms with Crippen molar-refractivity contribution < 1.29 is 4.79 Å². The van der Waals surface area contributed by atoms with Crippen LogP contribution in [0.1, 0.15) is 23.6 Å². The molecule has 1 unspecified atom stereocenters. The van der Waals surface area contributed by atoms with Crippen molar-refractivity contribution in [2.75, 3.05) is 13.1 Å². The minimum Gasteiger partial charge on any atom is -0.356 e. The second-order valence-corrected chi connectivity index (χ2v) is 4.74. The number of hydrogen-bond acceptors (Lipinski definition) is 2. The quantitative estimate of drug-likeness (QED) is 0.812. The van der Waals surface area contributed by atoms with E-state index >= 15 is 0 Å². The molecular weight excluding hydrogens is 212 g/mol. The summed E-state index contributed by atoms with van der Waals surface area (Å²) in [5, 5.41) is 2.90. The van der Waals surface area contributed by atoms with E-state index in [1.165, 1.54) is 11.1 Å². The molecule has 0 aliphatic carbocycles. The molecule has 0 aromatic heterocycles. The van der Waals surface area contributed by atoms with Crippen LogP contribution in [-0.4, -0.2) is 19.0 Å². The molecule has 17 heavy (non-hydrogen) atoms. The fourth-order valence-electron chi connectivity index (χ4n) is 1.53. The number of aryl methyl sites for hydroxylation is 2. The molecule has 1 aromatic rings. The summed E-state index contributed by atoms with van der Waals surface area (Å²) in [6.07, 6.45) is 0.443. The number of amides is 1. The third kappa shape index (κ3) is 4.57. The molecule has 0 fully saturated rings. The van der Waals surface area contributed by atoms with Gasteiger partial charge in [0.25, 0.3) is 0 Å². The van der Waals surface area contributed by atoms with Gasteiger partial charge in [0.05, 0.1) is 6.42 Å². The van der Waals surface area contributed by atoms with Gasteiger partial charge in [-0.1, -0.05) is 25.1 Å². The molecule has 0 saturated heterocycles. The van der Waals surface area contributed by atoms with Gasteiger partial charge in [-0.15, -0.1) is 0 Å². The number of rotatable bonds is 5. The van der Waals surface area contributed by atoms with E-state index in [9.17, 15) is 4.79 Å². The summed E-state index contributed by atoms with van der Waals surface area (Å²) >= 11 is 0. The van der Waals surface area contributed by atoms with Crippen molar-refractivity contribution in [2.24, 2.45) is 11.7 Å². The van der Waals surface area contributed by atoms with Crippen molar-refractivity contribution in [3.63, 3.8) is 0 Å². The SMILES string of the molecule is Cc1ccc(CC(=O)NCC(C)CN)cc1C. The highest BCUT2D eigenvalue weighted by Crippen LogP contribution is 2.10. The van der Waals surface area contributed by atoms with Gasteiger partial charge < -0.3 is 11.1 Å². The molecule has 0 spiro atoms. The Bertz CT molecular complexity index is 388. The van der Waals surface area contributed by atoms with Crippen molar-refractivity contribution in [1.29, 1.82) is 0 Å². The van der Waals surface area contributed by atoms with Gasteiger partial charge in [0.15, 0.2) is 0 Å². The molecule has 1 aromatic carbocycles. The first-order chi connectivity index (χ1) is 8.02. The Morgan fingerprint density at radius 2 is 2.06 bits per heavy atom. The molecule has 3 N–H and O–H groups in total. The number of hydrogen-bond donors (Lipinski definition) is 2. The van der Waals surface area contributed by atoms with E-state index in [1.54, 1.807) is 0 Å². The average Bonchev–Trinajstić information content (AvgIpc) is 2.31. The van der Waals surface area contributed by atoms with Gasteiger partial charge in [0.1, 0.15) is 0 Å². The number of carbonyl (C=O) groups is 1. The Balaban J connectivity index is 2.48. The van der Waals surface area contributed by atoms with Crippen LogP contribution in [0.25, 0.3) is 0 Å². The fourth-order valence-corrected chi connectivity index (χ4v) is 1.53. The molecule has 1 amide bonds. The minimum absolute atomic E-state index is 0.0635. The lowest BCUT2D eigenvalue weighted by molar-refractivity contribution is -0.120. The van der Waals surface area contributed by atoms with E-state index in [0.29, 0.717) is 25.4 Å². The Hall–Kier alpha value is -1.35. The van der Waals surface area contributed by atoms with Crippen LogP contribution in [-0.2, 0) is 11.2 Å². The van der Waals surface area contributed by atoms with Crippen LogP contribution in [0.3, 0.4) is 0 Å². The summed E-state index contributed by atoms with van der Waals surface area (Å²) < 4.78 is 0. The van der Waals surface area contributed by atoms with Gasteiger partial charge in [0.2, 0.25) is 5.91 Å². The standard InChI is InChI=1S/C14H22N2O/c1-10(8-15)9-16-14(17)7-13-5-4-11(2)12(3)6-13/h4-6,10H,7-9,15H2,1-3H3,(H,16,17). The highest BCUT2D eigenvalue weighted by Gasteiger charge is 2.06. The van der Waals surface area contributed by atoms with Gasteiger partial charge in [-0.25, -0.2) is 0 Å². The highest BCUT2D eigenvalue weighted by atomic mass is 16.1. The zero-order chi connectivity index (χ0) is 12.8. The molecule has 0 saturated carbocycles. The topological polar surface area (TPSA) is 55.1 Å². The largest absolute Gasteiger partial charge is 0.356 e. The summed E-state index contributed by atoms with van der Waals surface area (Å²) in [4.78, 5) is 11.7. The van der Waals surface area contributed by atoms with Gasteiger partial charge in [-0.3, -0.25) is 4.79 Å². The maximum atomic E-state index is 11.7. The van der Waals surface area contributed by atoms with Gasteiger partial charge >= 0.3 is 0 Å². The van der Waals surface area contributed by atoms with Crippen molar-refractivity contribution in [3.8, 4) is 0 Å². The van der Waals surface area contributed by atoms with Gasteiger partial charge in [-0.05, 0) is 43.0 Å². The molecule has 3 heteroatoms. The van der Waals surface area contributed by atoms with Crippen LogP contribution in [0.5, 0.6) is 0 Å². The zero-order valence-electron chi connectivity index (χ0n) is 10.9. The lowest BCUT2D eigenvalue weighted by Gasteiger charge is -2.10. The Morgan fingerprint density at radius 1 is 1.35 bits per heavy atom. The summed E-state index contributed by atoms with van der Waals surface area (Å²) in [6.45, 7) is 7.41. The molecule has 1 rings (SSSR count). The van der Waals surface area contributed by atoms with E-state index in [4.69, 9.17) is 5.73 Å². The molecule has 0 aliphatic heterocycles. The number of nitrogens with one attached hydrogen (secondary N) is 1. The maximum Gasteiger partial charge on any atom is 0.224 e. The third-order valence-electron chi connectivity index (χ3n) is 2.99. The van der Waals surface area contributed by atoms with Crippen LogP contribution in [0.15, 0.2) is 18.2 Å². The lowest BCUT2D eigenvalue weighted by atomic mass is 10.0. The fraction of sp³-hybridized carbons (Fsp3) is 0.500. The van der Waals surface area contributed by atoms with Crippen LogP contribution in [0.4, 0.5) is 0 Å². The van der Waals surface area contributed by atoms with E-state index in [-0.39, 0.29) is 5.91 Å². The lowest BCUT2D eigenvalue weighted by Crippen LogP contribution is -2.32. The molecule has 94 valence electrons. The molecule has 0 aliphatic rings. The molecular formula is C14H22N2O. The predicted octanol–water partition coefficient (Wildman–Crippen LogP) is 1.56. The van der Waals surface area contributed by atoms with Gasteiger partial charge in [-0.2, -0.15) is 0 Å². The second kappa shape index (κ2) is 6.40. The molecule has 0 heterocycles. The maximum absolute atomic E-state index is 11.7. The first-order valence-electron chi connectivity index (χ1n) is 6.05. The summed E-state index contributed by atoms with van der Waals surface area (Å²) in [5.41, 5.74) is 9.04. The van der Waals surface area contributed by atoms with Crippen molar-refractivity contribution >= 4 is 5.91 Å². The van der Waals surface area contributed by atoms with E-state index in [1.807, 2.05) is 13.0 Å². The van der Waals surface area contributed by atoms with E-state index < -0.39 is 0 Å². The predicted molar refractivity (Wildman–Crippen MR) is 70.8 cm³/mol. The first-order valence-corrected chi connectivity index (χ1v) is 6.05. The van der Waals surface area contributed by atoms with Crippen molar-refractivity contribution in [1.82, 2.24) is 5.32 Å². The molecule has 0 radical (unpaired) electrons. The van der Waals surface area contributed by atoms with Crippen LogP contribution < -0.4 is 11.1 Å². The smallest absolute Gasteiger partial charge is 0.224 e. The number of benzene rings is 1. The average molecular weight is 234 g/mol. The summed E-state index contributed by atoms with van der Waals surface area (Å²) in [7, 11) is 0. The number of nitrogens with two attached hydrogens (primary N) is 1. The highest BCUT2D eigenvalue weighted by molar-refractivity contribution is 5.78. The first kappa shape index (κ1) is 13.7. The minimum atomic E-state index is 0.0635. The molecule has 0 bridgehead atoms. The zero-order valence-corrected chi connectivity index (χ0v) is 10.9. The van der Waals surface area contributed by atoms with Crippen LogP contribution in [0, 0.1) is 19.8 Å². The summed E-state index contributed by atoms with van der Waals surface area (Å²) in [5.74, 6) is 0.396. The van der Waals surface area contributed by atoms with Gasteiger partial charge in [0, 0.05) is 6.54 Å². The number of carbonyl (C=O) groups excluding carboxylic acids is 1. The Morgan fingerprint density at radius 3 is 2.65 bits per heavy atom. The monoisotopic (exact) mass is 234 g/mol. The van der Waals surface area contributed by atoms with E-state index in [2.05, 4.69) is 31.3 Å². The second-order valence-electron chi connectivity index (χ2n) is 4.74.